The summed E-state index contributed by atoms with van der Waals surface area (Å²) in [4.78, 5) is 31.9. The van der Waals surface area contributed by atoms with Gasteiger partial charge in [-0.05, 0) is 48.4 Å². The number of aromatic nitrogens is 2. The van der Waals surface area contributed by atoms with Crippen molar-refractivity contribution in [2.45, 2.75) is 19.8 Å². The molecule has 0 saturated carbocycles. The number of hydrogen-bond donors (Lipinski definition) is 1. The number of aromatic amines is 1. The van der Waals surface area contributed by atoms with Gasteiger partial charge in [-0.3, -0.25) is 9.78 Å². The van der Waals surface area contributed by atoms with Crippen LogP contribution in [-0.2, 0) is 27.1 Å². The minimum Gasteiger partial charge on any atom is -0.460 e. The summed E-state index contributed by atoms with van der Waals surface area (Å²) < 4.78 is 29.9. The first-order valence-electron chi connectivity index (χ1n) is 11.8. The zero-order chi connectivity index (χ0) is 26.2. The van der Waals surface area contributed by atoms with Gasteiger partial charge in [0.2, 0.25) is 0 Å². The van der Waals surface area contributed by atoms with Crippen LogP contribution in [0.5, 0.6) is 11.5 Å². The maximum Gasteiger partial charge on any atom is 0.339 e. The Morgan fingerprint density at radius 3 is 2.54 bits per heavy atom. The number of methoxy groups -OCH3 is 1. The van der Waals surface area contributed by atoms with Crippen molar-refractivity contribution in [3.8, 4) is 22.9 Å². The number of nitrogens with zero attached hydrogens (tertiary/aromatic N) is 1. The first kappa shape index (κ1) is 25.8. The number of benzene rings is 2. The molecule has 4 rings (SSSR count). The molecule has 190 valence electrons. The van der Waals surface area contributed by atoms with E-state index in [0.717, 1.165) is 11.1 Å². The second-order valence-electron chi connectivity index (χ2n) is 8.54. The fourth-order valence-electron chi connectivity index (χ4n) is 3.74. The van der Waals surface area contributed by atoms with E-state index in [2.05, 4.69) is 9.97 Å². The molecule has 0 atom stereocenters. The molecule has 2 heterocycles. The predicted molar refractivity (Wildman–Crippen MR) is 136 cm³/mol. The molecule has 0 amide bonds. The molecule has 4 aromatic rings. The molecule has 8 heteroatoms. The molecular weight excluding hydrogens is 475 g/mol. The molecule has 1 N–H and O–H groups in total. The summed E-state index contributed by atoms with van der Waals surface area (Å²) in [6.45, 7) is 2.37. The SMILES string of the molecule is COCCOC(=O)c1c[nH]c(-c2cc(Oc3ccc(CC(=O)Cc4cc(C)ccc4F)cc3)ccn2)c1. The van der Waals surface area contributed by atoms with E-state index in [1.54, 1.807) is 54.9 Å². The fraction of sp³-hybridized carbons (Fsp3) is 0.207. The highest BCUT2D eigenvalue weighted by Crippen LogP contribution is 2.26. The summed E-state index contributed by atoms with van der Waals surface area (Å²) in [5, 5.41) is 0. The lowest BCUT2D eigenvalue weighted by atomic mass is 10.0. The van der Waals surface area contributed by atoms with E-state index in [9.17, 15) is 14.0 Å². The van der Waals surface area contributed by atoms with Crippen molar-refractivity contribution < 1.29 is 28.2 Å². The van der Waals surface area contributed by atoms with Gasteiger partial charge >= 0.3 is 5.97 Å². The molecule has 0 unspecified atom stereocenters. The van der Waals surface area contributed by atoms with Crippen LogP contribution < -0.4 is 4.74 Å². The lowest BCUT2D eigenvalue weighted by molar-refractivity contribution is -0.117. The molecule has 0 radical (unpaired) electrons. The summed E-state index contributed by atoms with van der Waals surface area (Å²) in [6.07, 6.45) is 3.43. The summed E-state index contributed by atoms with van der Waals surface area (Å²) in [5.74, 6) is 0.269. The van der Waals surface area contributed by atoms with Crippen LogP contribution in [0, 0.1) is 12.7 Å². The van der Waals surface area contributed by atoms with Gasteiger partial charge in [-0.2, -0.15) is 0 Å². The molecule has 0 aliphatic rings. The highest BCUT2D eigenvalue weighted by Gasteiger charge is 2.13. The van der Waals surface area contributed by atoms with Gasteiger partial charge in [0.05, 0.1) is 23.6 Å². The molecule has 2 aromatic carbocycles. The number of ketones is 1. The van der Waals surface area contributed by atoms with Crippen molar-refractivity contribution in [1.29, 1.82) is 0 Å². The average molecular weight is 503 g/mol. The van der Waals surface area contributed by atoms with E-state index in [0.29, 0.717) is 40.6 Å². The number of aryl methyl sites for hydroxylation is 1. The number of hydrogen-bond acceptors (Lipinski definition) is 6. The Kier molecular flexibility index (Phi) is 8.43. The number of halogens is 1. The number of nitrogens with one attached hydrogen (secondary N) is 1. The highest BCUT2D eigenvalue weighted by atomic mass is 19.1. The Labute approximate surface area is 214 Å². The zero-order valence-electron chi connectivity index (χ0n) is 20.6. The molecule has 0 saturated heterocycles. The molecule has 0 spiro atoms. The van der Waals surface area contributed by atoms with Crippen molar-refractivity contribution in [1.82, 2.24) is 9.97 Å². The van der Waals surface area contributed by atoms with Crippen LogP contribution in [-0.4, -0.2) is 42.0 Å². The average Bonchev–Trinajstić information content (AvgIpc) is 3.38. The van der Waals surface area contributed by atoms with Crippen molar-refractivity contribution in [3.05, 3.63) is 101 Å². The van der Waals surface area contributed by atoms with Crippen LogP contribution in [0.4, 0.5) is 4.39 Å². The van der Waals surface area contributed by atoms with E-state index in [4.69, 9.17) is 14.2 Å². The topological polar surface area (TPSA) is 90.5 Å². The number of carbonyl (C=O) groups excluding carboxylic acids is 2. The normalized spacial score (nSPS) is 10.8. The number of esters is 1. The van der Waals surface area contributed by atoms with Gasteiger partial charge in [0.25, 0.3) is 0 Å². The molecule has 37 heavy (non-hydrogen) atoms. The van der Waals surface area contributed by atoms with Crippen LogP contribution >= 0.6 is 0 Å². The second-order valence-corrected chi connectivity index (χ2v) is 8.54. The van der Waals surface area contributed by atoms with Crippen molar-refractivity contribution in [2.24, 2.45) is 0 Å². The third-order valence-electron chi connectivity index (χ3n) is 5.60. The Balaban J connectivity index is 1.36. The van der Waals surface area contributed by atoms with E-state index in [-0.39, 0.29) is 31.0 Å². The first-order valence-corrected chi connectivity index (χ1v) is 11.8. The van der Waals surface area contributed by atoms with E-state index in [1.165, 1.54) is 13.2 Å². The maximum absolute atomic E-state index is 14.0. The van der Waals surface area contributed by atoms with Gasteiger partial charge in [-0.15, -0.1) is 0 Å². The number of H-pyrrole nitrogens is 1. The van der Waals surface area contributed by atoms with E-state index in [1.807, 2.05) is 19.1 Å². The summed E-state index contributed by atoms with van der Waals surface area (Å²) in [7, 11) is 1.54. The number of rotatable bonds is 11. The van der Waals surface area contributed by atoms with E-state index < -0.39 is 5.97 Å². The van der Waals surface area contributed by atoms with Crippen molar-refractivity contribution in [3.63, 3.8) is 0 Å². The fourth-order valence-corrected chi connectivity index (χ4v) is 3.74. The van der Waals surface area contributed by atoms with Crippen LogP contribution in [0.15, 0.2) is 73.1 Å². The Morgan fingerprint density at radius 1 is 0.946 bits per heavy atom. The molecule has 2 aromatic heterocycles. The molecular formula is C29H27FN2O5. The summed E-state index contributed by atoms with van der Waals surface area (Å²) >= 11 is 0. The lowest BCUT2D eigenvalue weighted by Crippen LogP contribution is -2.08. The monoisotopic (exact) mass is 502 g/mol. The Morgan fingerprint density at radius 2 is 1.76 bits per heavy atom. The van der Waals surface area contributed by atoms with Gasteiger partial charge in [0, 0.05) is 38.4 Å². The largest absolute Gasteiger partial charge is 0.460 e. The number of Topliss-reactive ketones (excluding diaryl/α,β-unsaturated/α-hetero) is 1. The number of pyridine rings is 1. The summed E-state index contributed by atoms with van der Waals surface area (Å²) in [5.41, 5.74) is 3.77. The third-order valence-corrected chi connectivity index (χ3v) is 5.60. The van der Waals surface area contributed by atoms with Gasteiger partial charge in [0.15, 0.2) is 0 Å². The van der Waals surface area contributed by atoms with Gasteiger partial charge in [-0.25, -0.2) is 9.18 Å². The van der Waals surface area contributed by atoms with Crippen LogP contribution in [0.25, 0.3) is 11.4 Å². The van der Waals surface area contributed by atoms with Crippen molar-refractivity contribution >= 4 is 11.8 Å². The minimum absolute atomic E-state index is 0.0525. The molecule has 7 nitrogen and oxygen atoms in total. The minimum atomic E-state index is -0.449. The Hall–Kier alpha value is -4.30. The van der Waals surface area contributed by atoms with E-state index >= 15 is 0 Å². The number of ether oxygens (including phenoxy) is 3. The summed E-state index contributed by atoms with van der Waals surface area (Å²) in [6, 6.07) is 17.1. The van der Waals surface area contributed by atoms with Crippen LogP contribution in [0.1, 0.15) is 27.0 Å². The zero-order valence-corrected chi connectivity index (χ0v) is 20.6. The molecule has 0 bridgehead atoms. The Bertz CT molecular complexity index is 1380. The predicted octanol–water partition coefficient (Wildman–Crippen LogP) is 5.47. The lowest BCUT2D eigenvalue weighted by Gasteiger charge is -2.08. The quantitative estimate of drug-likeness (QED) is 0.216. The smallest absolute Gasteiger partial charge is 0.339 e. The first-order chi connectivity index (χ1) is 17.9. The molecule has 0 fully saturated rings. The van der Waals surface area contributed by atoms with Crippen LogP contribution in [0.2, 0.25) is 0 Å². The van der Waals surface area contributed by atoms with Gasteiger partial charge < -0.3 is 19.2 Å². The highest BCUT2D eigenvalue weighted by molar-refractivity contribution is 5.90. The molecule has 0 aliphatic heterocycles. The van der Waals surface area contributed by atoms with Crippen LogP contribution in [0.3, 0.4) is 0 Å². The van der Waals surface area contributed by atoms with Gasteiger partial charge in [-0.1, -0.05) is 29.8 Å². The van der Waals surface area contributed by atoms with Gasteiger partial charge in [0.1, 0.15) is 29.7 Å². The second kappa shape index (κ2) is 12.1. The standard InChI is InChI=1S/C29H27FN2O5/c1-19-3-8-26(30)21(13-19)15-23(33)14-20-4-6-24(7-5-20)37-25-9-10-31-28(17-25)27-16-22(18-32-27)29(34)36-12-11-35-2/h3-10,13,16-18,32H,11-12,14-15H2,1-2H3. The molecule has 0 aliphatic carbocycles. The van der Waals surface area contributed by atoms with Crippen molar-refractivity contribution in [2.75, 3.05) is 20.3 Å². The third kappa shape index (κ3) is 7.11. The maximum atomic E-state index is 14.0. The number of carbonyl (C=O) groups is 2.